The number of fused-ring (bicyclic) bond motifs is 1. The second-order valence-corrected chi connectivity index (χ2v) is 4.93. The van der Waals surface area contributed by atoms with Gasteiger partial charge in [0.1, 0.15) is 0 Å². The molecule has 1 heterocycles. The molecule has 0 spiro atoms. The second kappa shape index (κ2) is 5.21. The molecule has 0 aliphatic rings. The van der Waals surface area contributed by atoms with Crippen molar-refractivity contribution in [2.75, 3.05) is 0 Å². The fourth-order valence-corrected chi connectivity index (χ4v) is 2.11. The maximum absolute atomic E-state index is 11.1. The standard InChI is InChI=1S/C14H18N2O2/c1-10(2)6-5-9-16-12-8-4-3-7-11(12)13(15-16)14(17)18/h3-4,7-8,10H,5-6,9H2,1-2H3,(H,17,18). The van der Waals surface area contributed by atoms with Gasteiger partial charge in [-0.2, -0.15) is 5.10 Å². The van der Waals surface area contributed by atoms with Crippen LogP contribution in [0.5, 0.6) is 0 Å². The third kappa shape index (κ3) is 2.53. The van der Waals surface area contributed by atoms with Crippen LogP contribution in [0.25, 0.3) is 10.9 Å². The van der Waals surface area contributed by atoms with E-state index in [9.17, 15) is 4.79 Å². The predicted molar refractivity (Wildman–Crippen MR) is 70.8 cm³/mol. The van der Waals surface area contributed by atoms with E-state index in [0.717, 1.165) is 30.3 Å². The number of carboxylic acids is 1. The minimum Gasteiger partial charge on any atom is -0.476 e. The first-order chi connectivity index (χ1) is 8.59. The van der Waals surface area contributed by atoms with Gasteiger partial charge in [0.05, 0.1) is 5.52 Å². The smallest absolute Gasteiger partial charge is 0.357 e. The van der Waals surface area contributed by atoms with Crippen LogP contribution in [0.4, 0.5) is 0 Å². The second-order valence-electron chi connectivity index (χ2n) is 4.93. The van der Waals surface area contributed by atoms with Gasteiger partial charge in [0.2, 0.25) is 0 Å². The Labute approximate surface area is 106 Å². The Morgan fingerprint density at radius 2 is 2.11 bits per heavy atom. The SMILES string of the molecule is CC(C)CCCn1nc(C(=O)O)c2ccccc21. The number of nitrogens with zero attached hydrogens (tertiary/aromatic N) is 2. The van der Waals surface area contributed by atoms with Crippen LogP contribution in [0.15, 0.2) is 24.3 Å². The zero-order chi connectivity index (χ0) is 13.1. The summed E-state index contributed by atoms with van der Waals surface area (Å²) in [6.07, 6.45) is 2.14. The summed E-state index contributed by atoms with van der Waals surface area (Å²) >= 11 is 0. The molecule has 0 fully saturated rings. The molecule has 0 radical (unpaired) electrons. The van der Waals surface area contributed by atoms with Gasteiger partial charge in [-0.25, -0.2) is 4.79 Å². The lowest BCUT2D eigenvalue weighted by atomic mass is 10.1. The van der Waals surface area contributed by atoms with Gasteiger partial charge in [-0.15, -0.1) is 0 Å². The van der Waals surface area contributed by atoms with Gasteiger partial charge in [0, 0.05) is 11.9 Å². The Morgan fingerprint density at radius 3 is 2.78 bits per heavy atom. The summed E-state index contributed by atoms with van der Waals surface area (Å²) in [5, 5.41) is 14.1. The lowest BCUT2D eigenvalue weighted by molar-refractivity contribution is 0.0691. The number of hydrogen-bond acceptors (Lipinski definition) is 2. The fourth-order valence-electron chi connectivity index (χ4n) is 2.11. The summed E-state index contributed by atoms with van der Waals surface area (Å²) in [6.45, 7) is 5.14. The molecule has 96 valence electrons. The van der Waals surface area contributed by atoms with E-state index in [1.807, 2.05) is 24.3 Å². The van der Waals surface area contributed by atoms with Crippen molar-refractivity contribution >= 4 is 16.9 Å². The number of aromatic nitrogens is 2. The minimum atomic E-state index is -0.964. The van der Waals surface area contributed by atoms with Crippen molar-refractivity contribution in [1.29, 1.82) is 0 Å². The van der Waals surface area contributed by atoms with Gasteiger partial charge < -0.3 is 5.11 Å². The molecule has 1 aromatic carbocycles. The lowest BCUT2D eigenvalue weighted by Crippen LogP contribution is -2.04. The number of rotatable bonds is 5. The first kappa shape index (κ1) is 12.6. The lowest BCUT2D eigenvalue weighted by Gasteiger charge is -2.05. The minimum absolute atomic E-state index is 0.148. The first-order valence-electron chi connectivity index (χ1n) is 6.28. The summed E-state index contributed by atoms with van der Waals surface area (Å²) < 4.78 is 1.81. The van der Waals surface area contributed by atoms with Crippen LogP contribution in [-0.4, -0.2) is 20.9 Å². The molecule has 0 unspecified atom stereocenters. The average molecular weight is 246 g/mol. The molecule has 0 saturated heterocycles. The van der Waals surface area contributed by atoms with Crippen molar-refractivity contribution in [3.8, 4) is 0 Å². The van der Waals surface area contributed by atoms with Crippen molar-refractivity contribution in [3.63, 3.8) is 0 Å². The molecule has 4 heteroatoms. The van der Waals surface area contributed by atoms with E-state index in [0.29, 0.717) is 5.92 Å². The largest absolute Gasteiger partial charge is 0.476 e. The maximum Gasteiger partial charge on any atom is 0.357 e. The highest BCUT2D eigenvalue weighted by Gasteiger charge is 2.15. The van der Waals surface area contributed by atoms with Gasteiger partial charge in [-0.3, -0.25) is 4.68 Å². The van der Waals surface area contributed by atoms with Gasteiger partial charge in [0.25, 0.3) is 0 Å². The number of para-hydroxylation sites is 1. The van der Waals surface area contributed by atoms with E-state index in [1.165, 1.54) is 0 Å². The van der Waals surface area contributed by atoms with Crippen molar-refractivity contribution < 1.29 is 9.90 Å². The van der Waals surface area contributed by atoms with Gasteiger partial charge in [0.15, 0.2) is 5.69 Å². The van der Waals surface area contributed by atoms with Crippen LogP contribution < -0.4 is 0 Å². The molecule has 1 N–H and O–H groups in total. The normalized spacial score (nSPS) is 11.3. The third-order valence-corrected chi connectivity index (χ3v) is 3.01. The third-order valence-electron chi connectivity index (χ3n) is 3.01. The van der Waals surface area contributed by atoms with E-state index in [2.05, 4.69) is 18.9 Å². The number of carboxylic acid groups (broad SMARTS) is 1. The van der Waals surface area contributed by atoms with Crippen LogP contribution in [0.1, 0.15) is 37.2 Å². The van der Waals surface area contributed by atoms with E-state index in [-0.39, 0.29) is 5.69 Å². The van der Waals surface area contributed by atoms with Crippen LogP contribution in [0.3, 0.4) is 0 Å². The maximum atomic E-state index is 11.1. The van der Waals surface area contributed by atoms with Crippen LogP contribution in [0.2, 0.25) is 0 Å². The Hall–Kier alpha value is -1.84. The van der Waals surface area contributed by atoms with Crippen LogP contribution in [0, 0.1) is 5.92 Å². The number of hydrogen-bond donors (Lipinski definition) is 1. The van der Waals surface area contributed by atoms with E-state index in [1.54, 1.807) is 4.68 Å². The van der Waals surface area contributed by atoms with Crippen LogP contribution in [-0.2, 0) is 6.54 Å². The average Bonchev–Trinajstić information content (AvgIpc) is 2.68. The molecule has 0 atom stereocenters. The van der Waals surface area contributed by atoms with Gasteiger partial charge in [-0.1, -0.05) is 32.0 Å². The Kier molecular flexibility index (Phi) is 3.65. The molecule has 18 heavy (non-hydrogen) atoms. The summed E-state index contributed by atoms with van der Waals surface area (Å²) in [7, 11) is 0. The molecule has 2 rings (SSSR count). The fraction of sp³-hybridized carbons (Fsp3) is 0.429. The van der Waals surface area contributed by atoms with E-state index in [4.69, 9.17) is 5.11 Å². The quantitative estimate of drug-likeness (QED) is 0.881. The highest BCUT2D eigenvalue weighted by Crippen LogP contribution is 2.19. The van der Waals surface area contributed by atoms with E-state index >= 15 is 0 Å². The molecule has 4 nitrogen and oxygen atoms in total. The summed E-state index contributed by atoms with van der Waals surface area (Å²) in [4.78, 5) is 11.1. The summed E-state index contributed by atoms with van der Waals surface area (Å²) in [5.41, 5.74) is 1.05. The van der Waals surface area contributed by atoms with E-state index < -0.39 is 5.97 Å². The van der Waals surface area contributed by atoms with Gasteiger partial charge in [-0.05, 0) is 24.8 Å². The highest BCUT2D eigenvalue weighted by atomic mass is 16.4. The topological polar surface area (TPSA) is 55.1 Å². The summed E-state index contributed by atoms with van der Waals surface area (Å²) in [5.74, 6) is -0.306. The first-order valence-corrected chi connectivity index (χ1v) is 6.28. The molecule has 0 aliphatic heterocycles. The van der Waals surface area contributed by atoms with Crippen molar-refractivity contribution in [1.82, 2.24) is 9.78 Å². The van der Waals surface area contributed by atoms with Crippen molar-refractivity contribution in [3.05, 3.63) is 30.0 Å². The molecule has 0 saturated carbocycles. The predicted octanol–water partition coefficient (Wildman–Crippen LogP) is 3.17. The summed E-state index contributed by atoms with van der Waals surface area (Å²) in [6, 6.07) is 7.48. The monoisotopic (exact) mass is 246 g/mol. The zero-order valence-corrected chi connectivity index (χ0v) is 10.8. The molecule has 0 aliphatic carbocycles. The Morgan fingerprint density at radius 1 is 1.39 bits per heavy atom. The van der Waals surface area contributed by atoms with Crippen molar-refractivity contribution in [2.24, 2.45) is 5.92 Å². The Bertz CT molecular complexity index is 558. The molecular weight excluding hydrogens is 228 g/mol. The van der Waals surface area contributed by atoms with Crippen LogP contribution >= 0.6 is 0 Å². The molecule has 2 aromatic rings. The number of aromatic carboxylic acids is 1. The number of carbonyl (C=O) groups is 1. The highest BCUT2D eigenvalue weighted by molar-refractivity contribution is 6.01. The zero-order valence-electron chi connectivity index (χ0n) is 10.8. The Balaban J connectivity index is 2.30. The number of aryl methyl sites for hydroxylation is 1. The number of benzene rings is 1. The molecular formula is C14H18N2O2. The molecule has 0 bridgehead atoms. The molecule has 0 amide bonds. The van der Waals surface area contributed by atoms with Gasteiger partial charge >= 0.3 is 5.97 Å². The molecule has 1 aromatic heterocycles. The van der Waals surface area contributed by atoms with Crippen molar-refractivity contribution in [2.45, 2.75) is 33.2 Å².